The fraction of sp³-hybridized carbons (Fsp3) is 0.429. The maximum atomic E-state index is 5.74. The molecule has 2 aliphatic rings. The van der Waals surface area contributed by atoms with Gasteiger partial charge in [0, 0.05) is 43.4 Å². The summed E-state index contributed by atoms with van der Waals surface area (Å²) in [4.78, 5) is 20.5. The highest BCUT2D eigenvalue weighted by Gasteiger charge is 2.30. The van der Waals surface area contributed by atoms with Gasteiger partial charge in [0.2, 0.25) is 5.95 Å². The molecule has 1 aromatic carbocycles. The smallest absolute Gasteiger partial charge is 0.273 e. The number of nitrogens with zero attached hydrogens (tertiary/aromatic N) is 8. The molecule has 4 aromatic rings. The molecule has 3 aromatic heterocycles. The highest BCUT2D eigenvalue weighted by Crippen LogP contribution is 2.38. The second kappa shape index (κ2) is 9.88. The number of rotatable bonds is 6. The van der Waals surface area contributed by atoms with Crippen LogP contribution in [-0.4, -0.2) is 53.4 Å². The fourth-order valence-corrected chi connectivity index (χ4v) is 4.77. The summed E-state index contributed by atoms with van der Waals surface area (Å²) in [6, 6.07) is 8.47. The van der Waals surface area contributed by atoms with Gasteiger partial charge in [-0.3, -0.25) is 4.68 Å². The molecule has 1 atom stereocenters. The maximum Gasteiger partial charge on any atom is 0.273 e. The minimum absolute atomic E-state index is 0.117. The van der Waals surface area contributed by atoms with Crippen molar-refractivity contribution >= 4 is 17.5 Å². The Morgan fingerprint density at radius 1 is 1.08 bits per heavy atom. The highest BCUT2D eigenvalue weighted by molar-refractivity contribution is 5.65. The van der Waals surface area contributed by atoms with Gasteiger partial charge in [-0.05, 0) is 49.1 Å². The first-order valence-electron chi connectivity index (χ1n) is 13.3. The Morgan fingerprint density at radius 2 is 1.92 bits per heavy atom. The monoisotopic (exact) mass is 526 g/mol. The lowest BCUT2D eigenvalue weighted by Gasteiger charge is -2.21. The second-order valence-electron chi connectivity index (χ2n) is 11.4. The van der Waals surface area contributed by atoms with Crippen molar-refractivity contribution in [2.45, 2.75) is 58.0 Å². The van der Waals surface area contributed by atoms with Gasteiger partial charge in [0.05, 0.1) is 6.04 Å². The van der Waals surface area contributed by atoms with Crippen molar-refractivity contribution < 1.29 is 4.52 Å². The number of aryl methyl sites for hydroxylation is 1. The summed E-state index contributed by atoms with van der Waals surface area (Å²) >= 11 is 0. The molecule has 0 saturated heterocycles. The van der Waals surface area contributed by atoms with Crippen LogP contribution in [0.1, 0.15) is 68.9 Å². The van der Waals surface area contributed by atoms with Crippen molar-refractivity contribution in [3.63, 3.8) is 0 Å². The van der Waals surface area contributed by atoms with Crippen molar-refractivity contribution in [1.82, 2.24) is 45.1 Å². The third-order valence-electron chi connectivity index (χ3n) is 7.02. The van der Waals surface area contributed by atoms with Crippen LogP contribution in [0.5, 0.6) is 0 Å². The summed E-state index contributed by atoms with van der Waals surface area (Å²) < 4.78 is 7.47. The molecule has 0 radical (unpaired) electrons. The molecular weight excluding hydrogens is 492 g/mol. The molecule has 1 fully saturated rings. The van der Waals surface area contributed by atoms with Crippen LogP contribution in [0.2, 0.25) is 0 Å². The molecule has 4 heterocycles. The van der Waals surface area contributed by atoms with Crippen molar-refractivity contribution in [3.05, 3.63) is 65.2 Å². The topological polar surface area (TPSA) is 123 Å². The molecule has 1 aliphatic heterocycles. The zero-order chi connectivity index (χ0) is 27.1. The molecule has 2 N–H and O–H groups in total. The Kier molecular flexibility index (Phi) is 6.38. The molecule has 11 nitrogen and oxygen atoms in total. The van der Waals surface area contributed by atoms with E-state index < -0.39 is 0 Å². The van der Waals surface area contributed by atoms with Gasteiger partial charge < -0.3 is 20.1 Å². The Balaban J connectivity index is 1.28. The van der Waals surface area contributed by atoms with Crippen LogP contribution in [0.25, 0.3) is 17.1 Å². The van der Waals surface area contributed by atoms with Crippen molar-refractivity contribution in [2.75, 3.05) is 18.9 Å². The third kappa shape index (κ3) is 5.53. The number of benzene rings is 1. The van der Waals surface area contributed by atoms with E-state index in [2.05, 4.69) is 86.8 Å². The zero-order valence-corrected chi connectivity index (χ0v) is 23.1. The SMILES string of the molecule is CN1CCC(NC(=C2CC2)c2nc(C(C)(C)C)no2)c2ccc(-c3ncnc(Nc4ccn(C)n4)n3)cc2C1. The molecule has 202 valence electrons. The third-order valence-corrected chi connectivity index (χ3v) is 7.02. The van der Waals surface area contributed by atoms with Gasteiger partial charge in [0.15, 0.2) is 17.5 Å². The number of allylic oxidation sites excluding steroid dienone is 1. The van der Waals surface area contributed by atoms with Crippen molar-refractivity contribution in [1.29, 1.82) is 0 Å². The molecule has 1 aliphatic carbocycles. The van der Waals surface area contributed by atoms with E-state index in [1.165, 1.54) is 23.0 Å². The van der Waals surface area contributed by atoms with Crippen LogP contribution in [0, 0.1) is 0 Å². The summed E-state index contributed by atoms with van der Waals surface area (Å²) in [6.07, 6.45) is 6.47. The average molecular weight is 527 g/mol. The number of aromatic nitrogens is 7. The Hall–Kier alpha value is -4.12. The van der Waals surface area contributed by atoms with E-state index in [0.29, 0.717) is 23.5 Å². The molecule has 1 saturated carbocycles. The number of hydrogen-bond donors (Lipinski definition) is 2. The van der Waals surface area contributed by atoms with Crippen molar-refractivity contribution in [2.24, 2.45) is 7.05 Å². The summed E-state index contributed by atoms with van der Waals surface area (Å²) in [5, 5.41) is 15.6. The average Bonchev–Trinajstić information content (AvgIpc) is 3.50. The van der Waals surface area contributed by atoms with Crippen LogP contribution in [0.4, 0.5) is 11.8 Å². The Morgan fingerprint density at radius 3 is 2.64 bits per heavy atom. The van der Waals surface area contributed by atoms with Gasteiger partial charge in [-0.2, -0.15) is 15.1 Å². The van der Waals surface area contributed by atoms with Crippen molar-refractivity contribution in [3.8, 4) is 11.4 Å². The summed E-state index contributed by atoms with van der Waals surface area (Å²) in [6.45, 7) is 8.09. The fourth-order valence-electron chi connectivity index (χ4n) is 4.77. The molecule has 6 rings (SSSR count). The molecule has 11 heteroatoms. The van der Waals surface area contributed by atoms with Gasteiger partial charge in [0.1, 0.15) is 12.0 Å². The van der Waals surface area contributed by atoms with E-state index >= 15 is 0 Å². The van der Waals surface area contributed by atoms with E-state index in [9.17, 15) is 0 Å². The lowest BCUT2D eigenvalue weighted by atomic mass is 9.96. The molecular formula is C28H34N10O. The first-order chi connectivity index (χ1) is 18.7. The molecule has 0 spiro atoms. The lowest BCUT2D eigenvalue weighted by Crippen LogP contribution is -2.23. The first-order valence-corrected chi connectivity index (χ1v) is 13.3. The van der Waals surface area contributed by atoms with Gasteiger partial charge in [0.25, 0.3) is 5.89 Å². The van der Waals surface area contributed by atoms with Gasteiger partial charge in [-0.15, -0.1) is 0 Å². The highest BCUT2D eigenvalue weighted by atomic mass is 16.5. The predicted molar refractivity (Wildman–Crippen MR) is 148 cm³/mol. The zero-order valence-electron chi connectivity index (χ0n) is 23.1. The van der Waals surface area contributed by atoms with Crippen LogP contribution in [0.3, 0.4) is 0 Å². The van der Waals surface area contributed by atoms with E-state index in [1.807, 2.05) is 19.3 Å². The lowest BCUT2D eigenvalue weighted by molar-refractivity contribution is 0.321. The minimum Gasteiger partial charge on any atom is -0.374 e. The number of hydrogen-bond acceptors (Lipinski definition) is 10. The number of fused-ring (bicyclic) bond motifs is 1. The van der Waals surface area contributed by atoms with E-state index in [4.69, 9.17) is 9.51 Å². The standard InChI is InChI=1S/C28H34N10O/c1-28(2,3)26-34-25(39-36-26)23(17-6-7-17)31-21-10-12-37(4)15-19-14-18(8-9-20(19)21)24-29-16-30-27(33-24)32-22-11-13-38(5)35-22/h8-9,11,13-14,16,21,31H,6-7,10,12,15H2,1-5H3,(H,29,30,32,33,35). The normalized spacial score (nSPS) is 17.5. The predicted octanol–water partition coefficient (Wildman–Crippen LogP) is 4.37. The quantitative estimate of drug-likeness (QED) is 0.374. The molecule has 0 bridgehead atoms. The molecule has 0 amide bonds. The molecule has 1 unspecified atom stereocenters. The van der Waals surface area contributed by atoms with E-state index in [0.717, 1.165) is 49.4 Å². The van der Waals surface area contributed by atoms with E-state index in [1.54, 1.807) is 4.68 Å². The van der Waals surface area contributed by atoms with Crippen LogP contribution >= 0.6 is 0 Å². The summed E-state index contributed by atoms with van der Waals surface area (Å²) in [7, 11) is 4.03. The summed E-state index contributed by atoms with van der Waals surface area (Å²) in [5.41, 5.74) is 5.61. The van der Waals surface area contributed by atoms with Crippen LogP contribution in [-0.2, 0) is 19.0 Å². The molecule has 39 heavy (non-hydrogen) atoms. The maximum absolute atomic E-state index is 5.74. The van der Waals surface area contributed by atoms with Gasteiger partial charge in [-0.1, -0.05) is 38.1 Å². The number of nitrogens with one attached hydrogen (secondary N) is 2. The Labute approximate surface area is 227 Å². The second-order valence-corrected chi connectivity index (χ2v) is 11.4. The summed E-state index contributed by atoms with van der Waals surface area (Å²) in [5.74, 6) is 3.06. The van der Waals surface area contributed by atoms with Crippen LogP contribution in [0.15, 0.2) is 46.9 Å². The van der Waals surface area contributed by atoms with E-state index in [-0.39, 0.29) is 11.5 Å². The van der Waals surface area contributed by atoms with Gasteiger partial charge in [-0.25, -0.2) is 9.97 Å². The Bertz CT molecular complexity index is 1520. The largest absolute Gasteiger partial charge is 0.374 e. The minimum atomic E-state index is -0.170. The number of anilines is 2. The van der Waals surface area contributed by atoms with Gasteiger partial charge >= 0.3 is 0 Å². The first kappa shape index (κ1) is 25.2. The van der Waals surface area contributed by atoms with Crippen LogP contribution < -0.4 is 10.6 Å².